The van der Waals surface area contributed by atoms with Crippen LogP contribution in [0.15, 0.2) is 59.1 Å². The highest BCUT2D eigenvalue weighted by molar-refractivity contribution is 9.10. The van der Waals surface area contributed by atoms with Gasteiger partial charge in [0, 0.05) is 41.9 Å². The topological polar surface area (TPSA) is 52.7 Å². The summed E-state index contributed by atoms with van der Waals surface area (Å²) in [6.07, 6.45) is 1.40. The van der Waals surface area contributed by atoms with Gasteiger partial charge >= 0.3 is 0 Å². The third-order valence-electron chi connectivity index (χ3n) is 4.90. The van der Waals surface area contributed by atoms with Crippen molar-refractivity contribution in [2.75, 3.05) is 36.9 Å². The Morgan fingerprint density at radius 3 is 2.33 bits per heavy atom. The average molecular weight is 430 g/mol. The van der Waals surface area contributed by atoms with Gasteiger partial charge in [-0.2, -0.15) is 0 Å². The molecule has 0 unspecified atom stereocenters. The van der Waals surface area contributed by atoms with Crippen LogP contribution in [-0.2, 0) is 9.59 Å². The summed E-state index contributed by atoms with van der Waals surface area (Å²) in [6.45, 7) is 1.60. The number of carbonyl (C=O) groups excluding carboxylic acids is 2. The molecule has 0 bridgehead atoms. The number of piperidine rings is 1. The maximum Gasteiger partial charge on any atom is 0.242 e. The Morgan fingerprint density at radius 1 is 1.07 bits per heavy atom. The van der Waals surface area contributed by atoms with Crippen LogP contribution in [0.25, 0.3) is 0 Å². The lowest BCUT2D eigenvalue weighted by Gasteiger charge is -2.32. The molecule has 1 saturated heterocycles. The van der Waals surface area contributed by atoms with Crippen LogP contribution in [0.5, 0.6) is 0 Å². The SMILES string of the molecule is CN(CC(=O)N1CCC(C(=O)Nc2ccc(Br)cc2)CC1)c1ccccc1. The van der Waals surface area contributed by atoms with E-state index in [2.05, 4.69) is 21.2 Å². The molecule has 142 valence electrons. The molecule has 2 amide bonds. The number of anilines is 2. The number of amides is 2. The third-order valence-corrected chi connectivity index (χ3v) is 5.43. The molecule has 5 nitrogen and oxygen atoms in total. The molecule has 2 aromatic carbocycles. The molecule has 1 N–H and O–H groups in total. The molecule has 0 atom stereocenters. The number of para-hydroxylation sites is 1. The highest BCUT2D eigenvalue weighted by Gasteiger charge is 2.27. The quantitative estimate of drug-likeness (QED) is 0.786. The van der Waals surface area contributed by atoms with E-state index in [0.29, 0.717) is 32.5 Å². The predicted molar refractivity (Wildman–Crippen MR) is 112 cm³/mol. The Hall–Kier alpha value is -2.34. The van der Waals surface area contributed by atoms with Crippen LogP contribution in [0.4, 0.5) is 11.4 Å². The van der Waals surface area contributed by atoms with E-state index in [4.69, 9.17) is 0 Å². The van der Waals surface area contributed by atoms with Crippen LogP contribution >= 0.6 is 15.9 Å². The number of likely N-dealkylation sites (tertiary alicyclic amines) is 1. The smallest absolute Gasteiger partial charge is 0.242 e. The van der Waals surface area contributed by atoms with Crippen molar-refractivity contribution >= 4 is 39.1 Å². The van der Waals surface area contributed by atoms with E-state index in [1.807, 2.05) is 71.4 Å². The molecule has 0 spiro atoms. The summed E-state index contributed by atoms with van der Waals surface area (Å²) in [5.74, 6) is 0.0866. The normalized spacial score (nSPS) is 14.7. The second kappa shape index (κ2) is 9.04. The van der Waals surface area contributed by atoms with E-state index in [1.165, 1.54) is 0 Å². The molecule has 1 aliphatic heterocycles. The second-order valence-electron chi connectivity index (χ2n) is 6.84. The van der Waals surface area contributed by atoms with Gasteiger partial charge in [-0.25, -0.2) is 0 Å². The highest BCUT2D eigenvalue weighted by Crippen LogP contribution is 2.21. The van der Waals surface area contributed by atoms with E-state index >= 15 is 0 Å². The molecule has 0 saturated carbocycles. The van der Waals surface area contributed by atoms with Crippen molar-refractivity contribution in [3.63, 3.8) is 0 Å². The van der Waals surface area contributed by atoms with Gasteiger partial charge in [-0.05, 0) is 49.2 Å². The summed E-state index contributed by atoms with van der Waals surface area (Å²) in [4.78, 5) is 28.8. The largest absolute Gasteiger partial charge is 0.365 e. The summed E-state index contributed by atoms with van der Waals surface area (Å²) in [6, 6.07) is 17.4. The minimum atomic E-state index is -0.0513. The van der Waals surface area contributed by atoms with Gasteiger partial charge in [0.1, 0.15) is 0 Å². The molecule has 3 rings (SSSR count). The van der Waals surface area contributed by atoms with E-state index in [9.17, 15) is 9.59 Å². The van der Waals surface area contributed by atoms with Crippen LogP contribution < -0.4 is 10.2 Å². The van der Waals surface area contributed by atoms with Gasteiger partial charge in [0.2, 0.25) is 11.8 Å². The number of hydrogen-bond donors (Lipinski definition) is 1. The van der Waals surface area contributed by atoms with Gasteiger partial charge in [-0.1, -0.05) is 34.1 Å². The number of nitrogens with zero attached hydrogens (tertiary/aromatic N) is 2. The lowest BCUT2D eigenvalue weighted by atomic mass is 9.95. The van der Waals surface area contributed by atoms with Gasteiger partial charge in [-0.15, -0.1) is 0 Å². The first-order valence-corrected chi connectivity index (χ1v) is 9.92. The zero-order chi connectivity index (χ0) is 19.2. The van der Waals surface area contributed by atoms with Crippen molar-refractivity contribution in [3.05, 3.63) is 59.1 Å². The lowest BCUT2D eigenvalue weighted by molar-refractivity contribution is -0.133. The van der Waals surface area contributed by atoms with Crippen LogP contribution in [0, 0.1) is 5.92 Å². The van der Waals surface area contributed by atoms with Gasteiger partial charge in [-0.3, -0.25) is 9.59 Å². The number of halogens is 1. The Balaban J connectivity index is 1.47. The Labute approximate surface area is 168 Å². The van der Waals surface area contributed by atoms with Crippen molar-refractivity contribution in [2.24, 2.45) is 5.92 Å². The fraction of sp³-hybridized carbons (Fsp3) is 0.333. The fourth-order valence-electron chi connectivity index (χ4n) is 3.25. The van der Waals surface area contributed by atoms with Gasteiger partial charge in [0.05, 0.1) is 6.54 Å². The fourth-order valence-corrected chi connectivity index (χ4v) is 3.51. The number of hydrogen-bond acceptors (Lipinski definition) is 3. The van der Waals surface area contributed by atoms with E-state index in [1.54, 1.807) is 0 Å². The number of likely N-dealkylation sites (N-methyl/N-ethyl adjacent to an activating group) is 1. The van der Waals surface area contributed by atoms with E-state index in [-0.39, 0.29) is 17.7 Å². The van der Waals surface area contributed by atoms with Gasteiger partial charge in [0.15, 0.2) is 0 Å². The van der Waals surface area contributed by atoms with Crippen LogP contribution in [0.3, 0.4) is 0 Å². The molecule has 0 aromatic heterocycles. The summed E-state index contributed by atoms with van der Waals surface area (Å²) >= 11 is 3.39. The molecule has 1 heterocycles. The van der Waals surface area contributed by atoms with E-state index in [0.717, 1.165) is 15.8 Å². The molecule has 0 radical (unpaired) electrons. The lowest BCUT2D eigenvalue weighted by Crippen LogP contribution is -2.45. The van der Waals surface area contributed by atoms with Crippen LogP contribution in [0.2, 0.25) is 0 Å². The minimum absolute atomic E-state index is 0.0332. The summed E-state index contributed by atoms with van der Waals surface area (Å²) < 4.78 is 0.979. The van der Waals surface area contributed by atoms with Crippen molar-refractivity contribution < 1.29 is 9.59 Å². The molecule has 1 aliphatic rings. The minimum Gasteiger partial charge on any atom is -0.365 e. The van der Waals surface area contributed by atoms with Crippen molar-refractivity contribution in [1.82, 2.24) is 4.90 Å². The Bertz CT molecular complexity index is 772. The van der Waals surface area contributed by atoms with Crippen molar-refractivity contribution in [1.29, 1.82) is 0 Å². The third kappa shape index (κ3) is 5.32. The Morgan fingerprint density at radius 2 is 1.70 bits per heavy atom. The molecule has 1 fully saturated rings. The molecule has 6 heteroatoms. The van der Waals surface area contributed by atoms with Crippen molar-refractivity contribution in [2.45, 2.75) is 12.8 Å². The first-order valence-electron chi connectivity index (χ1n) is 9.13. The monoisotopic (exact) mass is 429 g/mol. The van der Waals surface area contributed by atoms with Gasteiger partial charge in [0.25, 0.3) is 0 Å². The summed E-state index contributed by atoms with van der Waals surface area (Å²) in [7, 11) is 1.92. The standard InChI is InChI=1S/C21H24BrN3O2/c1-24(19-5-3-2-4-6-19)15-20(26)25-13-11-16(12-14-25)21(27)23-18-9-7-17(22)8-10-18/h2-10,16H,11-15H2,1H3,(H,23,27). The average Bonchev–Trinajstić information content (AvgIpc) is 2.70. The molecular weight excluding hydrogens is 406 g/mol. The maximum atomic E-state index is 12.6. The molecular formula is C21H24BrN3O2. The zero-order valence-electron chi connectivity index (χ0n) is 15.4. The van der Waals surface area contributed by atoms with Gasteiger partial charge < -0.3 is 15.1 Å². The number of carbonyl (C=O) groups is 2. The molecule has 0 aliphatic carbocycles. The number of nitrogens with one attached hydrogen (secondary N) is 1. The first kappa shape index (κ1) is 19.4. The predicted octanol–water partition coefficient (Wildman–Crippen LogP) is 3.76. The summed E-state index contributed by atoms with van der Waals surface area (Å²) in [5, 5.41) is 2.97. The van der Waals surface area contributed by atoms with Crippen LogP contribution in [-0.4, -0.2) is 43.4 Å². The number of benzene rings is 2. The van der Waals surface area contributed by atoms with Crippen molar-refractivity contribution in [3.8, 4) is 0 Å². The highest BCUT2D eigenvalue weighted by atomic mass is 79.9. The maximum absolute atomic E-state index is 12.6. The van der Waals surface area contributed by atoms with Crippen LogP contribution in [0.1, 0.15) is 12.8 Å². The summed E-state index contributed by atoms with van der Waals surface area (Å²) in [5.41, 5.74) is 1.82. The second-order valence-corrected chi connectivity index (χ2v) is 7.76. The Kier molecular flexibility index (Phi) is 6.50. The first-order chi connectivity index (χ1) is 13.0. The van der Waals surface area contributed by atoms with E-state index < -0.39 is 0 Å². The molecule has 2 aromatic rings. The zero-order valence-corrected chi connectivity index (χ0v) is 17.0. The number of rotatable bonds is 5. The molecule has 27 heavy (non-hydrogen) atoms.